The molecular formula is C23H28N2O3. The van der Waals surface area contributed by atoms with E-state index in [-0.39, 0.29) is 17.2 Å². The molecule has 5 nitrogen and oxygen atoms in total. The maximum Gasteiger partial charge on any atom is 0.265 e. The Morgan fingerprint density at radius 1 is 1.11 bits per heavy atom. The number of fused-ring (bicyclic) bond motifs is 1. The molecule has 1 aliphatic rings. The molecule has 1 atom stereocenters. The highest BCUT2D eigenvalue weighted by Crippen LogP contribution is 2.30. The van der Waals surface area contributed by atoms with Gasteiger partial charge in [-0.3, -0.25) is 9.59 Å². The van der Waals surface area contributed by atoms with Gasteiger partial charge in [0.25, 0.3) is 5.91 Å². The summed E-state index contributed by atoms with van der Waals surface area (Å²) >= 11 is 0. The number of carbonyl (C=O) groups is 2. The zero-order chi connectivity index (χ0) is 20.5. The Hall–Kier alpha value is -2.82. The fourth-order valence-corrected chi connectivity index (χ4v) is 3.34. The van der Waals surface area contributed by atoms with Crippen LogP contribution in [0.25, 0.3) is 0 Å². The van der Waals surface area contributed by atoms with E-state index in [0.29, 0.717) is 18.0 Å². The predicted octanol–water partition coefficient (Wildman–Crippen LogP) is 4.30. The van der Waals surface area contributed by atoms with Crippen molar-refractivity contribution in [1.82, 2.24) is 0 Å². The van der Waals surface area contributed by atoms with Gasteiger partial charge >= 0.3 is 0 Å². The van der Waals surface area contributed by atoms with Crippen molar-refractivity contribution < 1.29 is 14.3 Å². The van der Waals surface area contributed by atoms with E-state index >= 15 is 0 Å². The third-order valence-electron chi connectivity index (χ3n) is 5.03. The van der Waals surface area contributed by atoms with E-state index in [9.17, 15) is 9.59 Å². The van der Waals surface area contributed by atoms with Crippen molar-refractivity contribution in [2.24, 2.45) is 0 Å². The van der Waals surface area contributed by atoms with Crippen LogP contribution in [0.15, 0.2) is 42.5 Å². The molecule has 2 aromatic rings. The number of nitrogens with zero attached hydrogens (tertiary/aromatic N) is 1. The summed E-state index contributed by atoms with van der Waals surface area (Å²) in [4.78, 5) is 25.9. The van der Waals surface area contributed by atoms with Crippen LogP contribution >= 0.6 is 0 Å². The van der Waals surface area contributed by atoms with Crippen molar-refractivity contribution in [3.05, 3.63) is 53.6 Å². The number of amides is 2. The van der Waals surface area contributed by atoms with Crippen molar-refractivity contribution in [2.45, 2.75) is 52.6 Å². The van der Waals surface area contributed by atoms with Gasteiger partial charge in [-0.05, 0) is 60.2 Å². The van der Waals surface area contributed by atoms with Crippen molar-refractivity contribution in [3.63, 3.8) is 0 Å². The lowest BCUT2D eigenvalue weighted by Gasteiger charge is -2.20. The first kappa shape index (κ1) is 19.9. The monoisotopic (exact) mass is 380 g/mol. The second kappa shape index (κ2) is 7.66. The standard InChI is InChI=1S/C23H28N2O3/c1-15(28-20-9-6-18(7-10-20)23(3,4)5)22(27)24-19-8-11-21-17(14-19)12-13-25(21)16(2)26/h6-11,14-15H,12-13H2,1-5H3,(H,24,27)/t15-/m1/s1. The Labute approximate surface area is 166 Å². The molecular weight excluding hydrogens is 352 g/mol. The average Bonchev–Trinajstić information content (AvgIpc) is 3.04. The first-order valence-electron chi connectivity index (χ1n) is 9.64. The highest BCUT2D eigenvalue weighted by molar-refractivity contribution is 5.96. The van der Waals surface area contributed by atoms with E-state index in [1.165, 1.54) is 5.56 Å². The van der Waals surface area contributed by atoms with Gasteiger partial charge in [-0.1, -0.05) is 32.9 Å². The van der Waals surface area contributed by atoms with Crippen LogP contribution in [0, 0.1) is 0 Å². The third kappa shape index (κ3) is 4.35. The van der Waals surface area contributed by atoms with E-state index < -0.39 is 6.10 Å². The molecule has 2 amide bonds. The van der Waals surface area contributed by atoms with Crippen LogP contribution < -0.4 is 15.0 Å². The quantitative estimate of drug-likeness (QED) is 0.860. The van der Waals surface area contributed by atoms with Gasteiger partial charge in [-0.25, -0.2) is 0 Å². The fourth-order valence-electron chi connectivity index (χ4n) is 3.34. The number of anilines is 2. The molecule has 3 rings (SSSR count). The molecule has 1 aliphatic heterocycles. The van der Waals surface area contributed by atoms with Crippen molar-refractivity contribution in [3.8, 4) is 5.75 Å². The summed E-state index contributed by atoms with van der Waals surface area (Å²) < 4.78 is 5.79. The van der Waals surface area contributed by atoms with E-state index in [0.717, 1.165) is 17.7 Å². The third-order valence-corrected chi connectivity index (χ3v) is 5.03. The molecule has 0 saturated heterocycles. The van der Waals surface area contributed by atoms with Crippen LogP contribution in [0.4, 0.5) is 11.4 Å². The Balaban J connectivity index is 1.63. The summed E-state index contributed by atoms with van der Waals surface area (Å²) in [6.45, 7) is 10.5. The number of ether oxygens (including phenoxy) is 1. The van der Waals surface area contributed by atoms with Crippen LogP contribution in [0.2, 0.25) is 0 Å². The Bertz CT molecular complexity index is 882. The van der Waals surface area contributed by atoms with Crippen LogP contribution in [0.1, 0.15) is 45.7 Å². The van der Waals surface area contributed by atoms with Crippen molar-refractivity contribution >= 4 is 23.2 Å². The summed E-state index contributed by atoms with van der Waals surface area (Å²) in [5, 5.41) is 2.90. The minimum Gasteiger partial charge on any atom is -0.481 e. The van der Waals surface area contributed by atoms with E-state index in [2.05, 4.69) is 26.1 Å². The minimum absolute atomic E-state index is 0.0371. The molecule has 0 saturated carbocycles. The van der Waals surface area contributed by atoms with Gasteiger partial charge < -0.3 is 15.0 Å². The Morgan fingerprint density at radius 3 is 2.39 bits per heavy atom. The highest BCUT2D eigenvalue weighted by Gasteiger charge is 2.23. The zero-order valence-electron chi connectivity index (χ0n) is 17.2. The number of hydrogen-bond donors (Lipinski definition) is 1. The van der Waals surface area contributed by atoms with Gasteiger partial charge in [0.05, 0.1) is 0 Å². The Kier molecular flexibility index (Phi) is 5.45. The van der Waals surface area contributed by atoms with Crippen molar-refractivity contribution in [2.75, 3.05) is 16.8 Å². The largest absolute Gasteiger partial charge is 0.481 e. The maximum atomic E-state index is 12.5. The van der Waals surface area contributed by atoms with Crippen LogP contribution in [0.3, 0.4) is 0 Å². The number of carbonyl (C=O) groups excluding carboxylic acids is 2. The average molecular weight is 380 g/mol. The summed E-state index contributed by atoms with van der Waals surface area (Å²) in [7, 11) is 0. The molecule has 0 aromatic heterocycles. The second-order valence-corrected chi connectivity index (χ2v) is 8.29. The molecule has 28 heavy (non-hydrogen) atoms. The predicted molar refractivity (Wildman–Crippen MR) is 112 cm³/mol. The topological polar surface area (TPSA) is 58.6 Å². The zero-order valence-corrected chi connectivity index (χ0v) is 17.2. The summed E-state index contributed by atoms with van der Waals surface area (Å²) in [6, 6.07) is 13.5. The van der Waals surface area contributed by atoms with Crippen LogP contribution in [-0.2, 0) is 21.4 Å². The molecule has 0 spiro atoms. The normalized spacial score (nSPS) is 14.4. The fraction of sp³-hybridized carbons (Fsp3) is 0.391. The van der Waals surface area contributed by atoms with E-state index in [1.807, 2.05) is 42.5 Å². The van der Waals surface area contributed by atoms with Gasteiger partial charge in [0, 0.05) is 24.8 Å². The van der Waals surface area contributed by atoms with Crippen LogP contribution in [-0.4, -0.2) is 24.5 Å². The SMILES string of the molecule is CC(=O)N1CCc2cc(NC(=O)[C@@H](C)Oc3ccc(C(C)(C)C)cc3)ccc21. The second-order valence-electron chi connectivity index (χ2n) is 8.29. The van der Waals surface area contributed by atoms with Gasteiger partial charge in [0.15, 0.2) is 6.10 Å². The molecule has 1 N–H and O–H groups in total. The molecule has 1 heterocycles. The molecule has 0 aliphatic carbocycles. The van der Waals surface area contributed by atoms with Gasteiger partial charge in [-0.2, -0.15) is 0 Å². The van der Waals surface area contributed by atoms with E-state index in [4.69, 9.17) is 4.74 Å². The van der Waals surface area contributed by atoms with Crippen molar-refractivity contribution in [1.29, 1.82) is 0 Å². The first-order chi connectivity index (χ1) is 13.1. The van der Waals surface area contributed by atoms with Gasteiger partial charge in [-0.15, -0.1) is 0 Å². The van der Waals surface area contributed by atoms with Crippen LogP contribution in [0.5, 0.6) is 5.75 Å². The first-order valence-corrected chi connectivity index (χ1v) is 9.64. The van der Waals surface area contributed by atoms with Gasteiger partial charge in [0.2, 0.25) is 5.91 Å². The molecule has 148 valence electrons. The molecule has 0 unspecified atom stereocenters. The number of nitrogens with one attached hydrogen (secondary N) is 1. The summed E-state index contributed by atoms with van der Waals surface area (Å²) in [5.74, 6) is 0.498. The van der Waals surface area contributed by atoms with Gasteiger partial charge in [0.1, 0.15) is 5.75 Å². The maximum absolute atomic E-state index is 12.5. The van der Waals surface area contributed by atoms with E-state index in [1.54, 1.807) is 18.7 Å². The molecule has 2 aromatic carbocycles. The minimum atomic E-state index is -0.623. The highest BCUT2D eigenvalue weighted by atomic mass is 16.5. The lowest BCUT2D eigenvalue weighted by molar-refractivity contribution is -0.122. The summed E-state index contributed by atoms with van der Waals surface area (Å²) in [6.07, 6.45) is 0.174. The number of rotatable bonds is 4. The number of benzene rings is 2. The molecule has 0 bridgehead atoms. The summed E-state index contributed by atoms with van der Waals surface area (Å²) in [5.41, 5.74) is 4.00. The lowest BCUT2D eigenvalue weighted by Crippen LogP contribution is -2.30. The number of hydrogen-bond acceptors (Lipinski definition) is 3. The lowest BCUT2D eigenvalue weighted by atomic mass is 9.87. The Morgan fingerprint density at radius 2 is 1.79 bits per heavy atom. The smallest absolute Gasteiger partial charge is 0.265 e. The molecule has 0 fully saturated rings. The molecule has 5 heteroatoms. The molecule has 0 radical (unpaired) electrons.